The number of carbonyl (C=O) groups is 2. The number of carboxylic acids is 1. The lowest BCUT2D eigenvalue weighted by Crippen LogP contribution is -2.36. The minimum absolute atomic E-state index is 0.0531. The van der Waals surface area contributed by atoms with Crippen LogP contribution in [0, 0.1) is 11.2 Å². The van der Waals surface area contributed by atoms with Gasteiger partial charge in [0.25, 0.3) is 0 Å². The number of ether oxygens (including phenoxy) is 1. The molecular weight excluding hydrogens is 325 g/mol. The van der Waals surface area contributed by atoms with Gasteiger partial charge in [-0.1, -0.05) is 6.92 Å². The number of halogens is 1. The van der Waals surface area contributed by atoms with Gasteiger partial charge in [0, 0.05) is 16.6 Å². The van der Waals surface area contributed by atoms with Crippen molar-refractivity contribution in [2.75, 3.05) is 6.61 Å². The number of esters is 1. The zero-order valence-corrected chi connectivity index (χ0v) is 14.5. The van der Waals surface area contributed by atoms with Crippen molar-refractivity contribution in [3.05, 3.63) is 35.3 Å². The molecule has 25 heavy (non-hydrogen) atoms. The maximum Gasteiger partial charge on any atom is 0.325 e. The third kappa shape index (κ3) is 2.90. The van der Waals surface area contributed by atoms with Crippen LogP contribution in [-0.4, -0.2) is 28.2 Å². The van der Waals surface area contributed by atoms with Gasteiger partial charge in [0.1, 0.15) is 12.4 Å². The fraction of sp³-hybridized carbons (Fsp3) is 0.474. The Hall–Kier alpha value is -2.37. The zero-order chi connectivity index (χ0) is 18.2. The summed E-state index contributed by atoms with van der Waals surface area (Å²) < 4.78 is 20.7. The summed E-state index contributed by atoms with van der Waals surface area (Å²) in [6, 6.07) is 4.44. The Morgan fingerprint density at radius 3 is 2.76 bits per heavy atom. The highest BCUT2D eigenvalue weighted by Gasteiger charge is 2.42. The molecule has 0 amide bonds. The third-order valence-electron chi connectivity index (χ3n) is 5.33. The van der Waals surface area contributed by atoms with Gasteiger partial charge < -0.3 is 14.4 Å². The van der Waals surface area contributed by atoms with Gasteiger partial charge in [-0.25, -0.2) is 4.39 Å². The molecule has 0 spiro atoms. The van der Waals surface area contributed by atoms with Crippen molar-refractivity contribution in [1.82, 2.24) is 4.57 Å². The van der Waals surface area contributed by atoms with Crippen molar-refractivity contribution in [3.8, 4) is 0 Å². The van der Waals surface area contributed by atoms with Crippen LogP contribution in [0.5, 0.6) is 0 Å². The molecule has 0 bridgehead atoms. The van der Waals surface area contributed by atoms with E-state index in [1.165, 1.54) is 12.1 Å². The molecule has 1 aliphatic rings. The van der Waals surface area contributed by atoms with Crippen LogP contribution in [0.3, 0.4) is 0 Å². The molecule has 0 aliphatic heterocycles. The summed E-state index contributed by atoms with van der Waals surface area (Å²) in [5.41, 5.74) is 1.67. The van der Waals surface area contributed by atoms with Crippen LogP contribution in [0.25, 0.3) is 10.9 Å². The van der Waals surface area contributed by atoms with Crippen molar-refractivity contribution in [2.24, 2.45) is 5.41 Å². The highest BCUT2D eigenvalue weighted by Crippen LogP contribution is 2.42. The second-order valence-corrected chi connectivity index (χ2v) is 6.59. The Labute approximate surface area is 145 Å². The van der Waals surface area contributed by atoms with Gasteiger partial charge in [-0.15, -0.1) is 0 Å². The average molecular weight is 347 g/mol. The van der Waals surface area contributed by atoms with E-state index in [0.717, 1.165) is 16.8 Å². The molecule has 0 radical (unpaired) electrons. The maximum atomic E-state index is 13.8. The van der Waals surface area contributed by atoms with Crippen LogP contribution in [0.2, 0.25) is 0 Å². The summed E-state index contributed by atoms with van der Waals surface area (Å²) >= 11 is 0. The first kappa shape index (κ1) is 17.5. The van der Waals surface area contributed by atoms with E-state index >= 15 is 0 Å². The standard InChI is InChI=1S/C19H22FNO4/c1-3-19(18(23)24)8-7-16-14(10-19)13-9-12(20)5-6-15(13)21(16)11-17(22)25-4-2/h5-6,9H,3-4,7-8,10-11H2,1-2H3,(H,23,24). The predicted octanol–water partition coefficient (Wildman–Crippen LogP) is 3.31. The lowest BCUT2D eigenvalue weighted by Gasteiger charge is -2.33. The molecule has 1 atom stereocenters. The summed E-state index contributed by atoms with van der Waals surface area (Å²) in [5, 5.41) is 10.4. The van der Waals surface area contributed by atoms with Crippen molar-refractivity contribution < 1.29 is 23.8 Å². The van der Waals surface area contributed by atoms with Crippen LogP contribution < -0.4 is 0 Å². The smallest absolute Gasteiger partial charge is 0.325 e. The van der Waals surface area contributed by atoms with Crippen molar-refractivity contribution in [3.63, 3.8) is 0 Å². The number of hydrogen-bond acceptors (Lipinski definition) is 3. The fourth-order valence-corrected chi connectivity index (χ4v) is 3.87. The first-order valence-corrected chi connectivity index (χ1v) is 8.60. The summed E-state index contributed by atoms with van der Waals surface area (Å²) in [4.78, 5) is 23.8. The molecule has 5 nitrogen and oxygen atoms in total. The number of aliphatic carboxylic acids is 1. The molecule has 1 aliphatic carbocycles. The van der Waals surface area contributed by atoms with E-state index in [4.69, 9.17) is 4.74 Å². The Morgan fingerprint density at radius 1 is 1.36 bits per heavy atom. The quantitative estimate of drug-likeness (QED) is 0.843. The second-order valence-electron chi connectivity index (χ2n) is 6.59. The first-order chi connectivity index (χ1) is 11.9. The first-order valence-electron chi connectivity index (χ1n) is 8.60. The fourth-order valence-electron chi connectivity index (χ4n) is 3.87. The van der Waals surface area contributed by atoms with E-state index in [-0.39, 0.29) is 18.3 Å². The lowest BCUT2D eigenvalue weighted by atomic mass is 9.71. The summed E-state index contributed by atoms with van der Waals surface area (Å²) in [6.45, 7) is 3.97. The molecule has 1 unspecified atom stereocenters. The number of aromatic nitrogens is 1. The SMILES string of the molecule is CCOC(=O)Cn1c2c(c3cc(F)ccc31)CC(CC)(C(=O)O)CC2. The highest BCUT2D eigenvalue weighted by molar-refractivity contribution is 5.89. The summed E-state index contributed by atoms with van der Waals surface area (Å²) in [5.74, 6) is -1.54. The summed E-state index contributed by atoms with van der Waals surface area (Å²) in [6.07, 6.45) is 1.92. The number of benzene rings is 1. The van der Waals surface area contributed by atoms with E-state index in [1.807, 2.05) is 11.5 Å². The average Bonchev–Trinajstić information content (AvgIpc) is 2.87. The molecule has 2 aromatic rings. The Balaban J connectivity index is 2.14. The van der Waals surface area contributed by atoms with Crippen molar-refractivity contribution >= 4 is 22.8 Å². The topological polar surface area (TPSA) is 68.5 Å². The molecule has 3 rings (SSSR count). The molecule has 1 N–H and O–H groups in total. The molecule has 0 saturated heterocycles. The van der Waals surface area contributed by atoms with E-state index in [0.29, 0.717) is 37.7 Å². The molecule has 0 fully saturated rings. The normalized spacial score (nSPS) is 19.6. The van der Waals surface area contributed by atoms with E-state index in [2.05, 4.69) is 0 Å². The number of nitrogens with zero attached hydrogens (tertiary/aromatic N) is 1. The minimum Gasteiger partial charge on any atom is -0.481 e. The van der Waals surface area contributed by atoms with Gasteiger partial charge in [-0.3, -0.25) is 9.59 Å². The minimum atomic E-state index is -0.831. The van der Waals surface area contributed by atoms with Crippen molar-refractivity contribution in [2.45, 2.75) is 46.1 Å². The van der Waals surface area contributed by atoms with Crippen LogP contribution in [-0.2, 0) is 33.7 Å². The van der Waals surface area contributed by atoms with Crippen molar-refractivity contribution in [1.29, 1.82) is 0 Å². The number of fused-ring (bicyclic) bond motifs is 3. The molecule has 1 heterocycles. The van der Waals surface area contributed by atoms with Gasteiger partial charge in [0.2, 0.25) is 0 Å². The van der Waals surface area contributed by atoms with E-state index < -0.39 is 11.4 Å². The van der Waals surface area contributed by atoms with E-state index in [1.54, 1.807) is 13.0 Å². The molecule has 134 valence electrons. The second kappa shape index (κ2) is 6.50. The number of hydrogen-bond donors (Lipinski definition) is 1. The van der Waals surface area contributed by atoms with Crippen LogP contribution in [0.15, 0.2) is 18.2 Å². The van der Waals surface area contributed by atoms with E-state index in [9.17, 15) is 19.1 Å². The maximum absolute atomic E-state index is 13.8. The van der Waals surface area contributed by atoms with Gasteiger partial charge in [0.15, 0.2) is 0 Å². The zero-order valence-electron chi connectivity index (χ0n) is 14.5. The monoisotopic (exact) mass is 347 g/mol. The van der Waals surface area contributed by atoms with Gasteiger partial charge >= 0.3 is 11.9 Å². The molecule has 0 saturated carbocycles. The van der Waals surface area contributed by atoms with Gasteiger partial charge in [-0.2, -0.15) is 0 Å². The molecular formula is C19H22FNO4. The van der Waals surface area contributed by atoms with Crippen LogP contribution in [0.1, 0.15) is 37.9 Å². The Morgan fingerprint density at radius 2 is 2.12 bits per heavy atom. The Bertz CT molecular complexity index is 842. The highest BCUT2D eigenvalue weighted by atomic mass is 19.1. The largest absolute Gasteiger partial charge is 0.481 e. The summed E-state index contributed by atoms with van der Waals surface area (Å²) in [7, 11) is 0. The van der Waals surface area contributed by atoms with Crippen LogP contribution >= 0.6 is 0 Å². The number of rotatable bonds is 5. The third-order valence-corrected chi connectivity index (χ3v) is 5.33. The predicted molar refractivity (Wildman–Crippen MR) is 90.9 cm³/mol. The molecule has 1 aromatic carbocycles. The number of carbonyl (C=O) groups excluding carboxylic acids is 1. The number of carboxylic acid groups (broad SMARTS) is 1. The van der Waals surface area contributed by atoms with Crippen LogP contribution in [0.4, 0.5) is 4.39 Å². The Kier molecular flexibility index (Phi) is 4.54. The molecule has 1 aromatic heterocycles. The van der Waals surface area contributed by atoms with Gasteiger partial charge in [0.05, 0.1) is 12.0 Å². The lowest BCUT2D eigenvalue weighted by molar-refractivity contribution is -0.150. The molecule has 6 heteroatoms. The van der Waals surface area contributed by atoms with Gasteiger partial charge in [-0.05, 0) is 56.4 Å².